The Morgan fingerprint density at radius 1 is 1.62 bits per heavy atom. The lowest BCUT2D eigenvalue weighted by atomic mass is 10.3. The maximum Gasteiger partial charge on any atom is 0.273 e. The lowest BCUT2D eigenvalue weighted by molar-refractivity contribution is 0.0943. The third kappa shape index (κ3) is 4.00. The fourth-order valence-electron chi connectivity index (χ4n) is 1.19. The van der Waals surface area contributed by atoms with Crippen molar-refractivity contribution in [2.45, 2.75) is 19.4 Å². The summed E-state index contributed by atoms with van der Waals surface area (Å²) in [6.45, 7) is 1.55. The summed E-state index contributed by atoms with van der Waals surface area (Å²) in [6.07, 6.45) is 1.76. The number of nitrogens with one attached hydrogen (secondary N) is 1. The molecule has 16 heavy (non-hydrogen) atoms. The summed E-state index contributed by atoms with van der Waals surface area (Å²) in [7, 11) is 1.55. The van der Waals surface area contributed by atoms with Crippen LogP contribution in [0.5, 0.6) is 0 Å². The molecule has 0 fully saturated rings. The van der Waals surface area contributed by atoms with Gasteiger partial charge in [0.05, 0.1) is 0 Å². The van der Waals surface area contributed by atoms with Gasteiger partial charge < -0.3 is 20.3 Å². The van der Waals surface area contributed by atoms with Gasteiger partial charge in [0.25, 0.3) is 5.91 Å². The van der Waals surface area contributed by atoms with E-state index in [0.717, 1.165) is 12.8 Å². The number of carbonyl (C=O) groups is 1. The molecule has 1 heterocycles. The number of rotatable bonds is 7. The van der Waals surface area contributed by atoms with Crippen LogP contribution >= 0.6 is 0 Å². The molecule has 1 aromatic heterocycles. The van der Waals surface area contributed by atoms with Crippen molar-refractivity contribution >= 4 is 5.91 Å². The summed E-state index contributed by atoms with van der Waals surface area (Å²) in [4.78, 5) is 11.5. The number of ether oxygens (including phenoxy) is 1. The van der Waals surface area contributed by atoms with Gasteiger partial charge in [-0.1, -0.05) is 5.16 Å². The molecule has 0 aliphatic rings. The monoisotopic (exact) mass is 227 g/mol. The zero-order valence-electron chi connectivity index (χ0n) is 9.36. The molecule has 0 unspecified atom stereocenters. The molecule has 0 aliphatic heterocycles. The van der Waals surface area contributed by atoms with Gasteiger partial charge >= 0.3 is 0 Å². The summed E-state index contributed by atoms with van der Waals surface area (Å²) < 4.78 is 9.75. The van der Waals surface area contributed by atoms with Gasteiger partial charge in [0.15, 0.2) is 11.5 Å². The van der Waals surface area contributed by atoms with Crippen LogP contribution < -0.4 is 11.1 Å². The van der Waals surface area contributed by atoms with Crippen LogP contribution in [0, 0.1) is 0 Å². The summed E-state index contributed by atoms with van der Waals surface area (Å²) in [6, 6.07) is 1.57. The fraction of sp³-hybridized carbons (Fsp3) is 0.600. The quantitative estimate of drug-likeness (QED) is 0.653. The van der Waals surface area contributed by atoms with E-state index in [1.165, 1.54) is 0 Å². The lowest BCUT2D eigenvalue weighted by Gasteiger charge is -2.00. The first-order chi connectivity index (χ1) is 7.77. The van der Waals surface area contributed by atoms with Crippen molar-refractivity contribution in [3.63, 3.8) is 0 Å². The standard InChI is InChI=1S/C10H17N3O3/c1-15-7-8-6-9(13-16-8)10(14)12-5-3-2-4-11/h6H,2-5,7,11H2,1H3,(H,12,14). The Kier molecular flexibility index (Phi) is 5.52. The topological polar surface area (TPSA) is 90.4 Å². The van der Waals surface area contributed by atoms with Crippen LogP contribution in [0.3, 0.4) is 0 Å². The normalized spacial score (nSPS) is 10.4. The predicted molar refractivity (Wildman–Crippen MR) is 57.8 cm³/mol. The Labute approximate surface area is 94.1 Å². The average Bonchev–Trinajstić information content (AvgIpc) is 2.73. The van der Waals surface area contributed by atoms with Crippen LogP contribution in [0.15, 0.2) is 10.6 Å². The summed E-state index contributed by atoms with van der Waals surface area (Å²) >= 11 is 0. The molecule has 6 heteroatoms. The van der Waals surface area contributed by atoms with Crippen molar-refractivity contribution in [3.8, 4) is 0 Å². The van der Waals surface area contributed by atoms with Crippen LogP contribution in [-0.4, -0.2) is 31.3 Å². The van der Waals surface area contributed by atoms with Crippen molar-refractivity contribution in [2.75, 3.05) is 20.2 Å². The number of hydrogen-bond donors (Lipinski definition) is 2. The van der Waals surface area contributed by atoms with Gasteiger partial charge in [0.2, 0.25) is 0 Å². The Morgan fingerprint density at radius 3 is 3.12 bits per heavy atom. The molecule has 3 N–H and O–H groups in total. The largest absolute Gasteiger partial charge is 0.377 e. The van der Waals surface area contributed by atoms with Crippen LogP contribution in [-0.2, 0) is 11.3 Å². The minimum Gasteiger partial charge on any atom is -0.377 e. The number of nitrogens with zero attached hydrogens (tertiary/aromatic N) is 1. The van der Waals surface area contributed by atoms with Gasteiger partial charge in [-0.3, -0.25) is 4.79 Å². The number of carbonyl (C=O) groups excluding carboxylic acids is 1. The second-order valence-corrected chi connectivity index (χ2v) is 3.36. The van der Waals surface area contributed by atoms with Crippen molar-refractivity contribution in [2.24, 2.45) is 5.73 Å². The molecule has 0 saturated carbocycles. The number of aromatic nitrogens is 1. The van der Waals surface area contributed by atoms with E-state index in [1.54, 1.807) is 13.2 Å². The van der Waals surface area contributed by atoms with Gasteiger partial charge in [-0.05, 0) is 19.4 Å². The second-order valence-electron chi connectivity index (χ2n) is 3.36. The lowest BCUT2D eigenvalue weighted by Crippen LogP contribution is -2.25. The highest BCUT2D eigenvalue weighted by Gasteiger charge is 2.11. The third-order valence-electron chi connectivity index (χ3n) is 1.99. The number of hydrogen-bond acceptors (Lipinski definition) is 5. The zero-order chi connectivity index (χ0) is 11.8. The molecular weight excluding hydrogens is 210 g/mol. The Balaban J connectivity index is 2.34. The summed E-state index contributed by atoms with van der Waals surface area (Å²) in [5.41, 5.74) is 5.62. The second kappa shape index (κ2) is 6.97. The molecule has 0 radical (unpaired) electrons. The Bertz CT molecular complexity index is 325. The number of unbranched alkanes of at least 4 members (excludes halogenated alkanes) is 1. The first kappa shape index (κ1) is 12.7. The van der Waals surface area contributed by atoms with E-state index in [4.69, 9.17) is 15.0 Å². The molecule has 0 aromatic carbocycles. The fourth-order valence-corrected chi connectivity index (χ4v) is 1.19. The molecule has 0 aliphatic carbocycles. The predicted octanol–water partition coefficient (Wildman–Crippen LogP) is 0.290. The van der Waals surface area contributed by atoms with Gasteiger partial charge in [-0.15, -0.1) is 0 Å². The van der Waals surface area contributed by atoms with Crippen LogP contribution in [0.4, 0.5) is 0 Å². The Morgan fingerprint density at radius 2 is 2.44 bits per heavy atom. The molecule has 1 rings (SSSR count). The van der Waals surface area contributed by atoms with Crippen LogP contribution in [0.25, 0.3) is 0 Å². The first-order valence-corrected chi connectivity index (χ1v) is 5.20. The Hall–Kier alpha value is -1.40. The minimum absolute atomic E-state index is 0.233. The molecule has 90 valence electrons. The smallest absolute Gasteiger partial charge is 0.273 e. The number of amides is 1. The summed E-state index contributed by atoms with van der Waals surface area (Å²) in [5.74, 6) is 0.303. The average molecular weight is 227 g/mol. The van der Waals surface area contributed by atoms with E-state index in [2.05, 4.69) is 10.5 Å². The molecule has 0 atom stereocenters. The minimum atomic E-state index is -0.233. The number of methoxy groups -OCH3 is 1. The van der Waals surface area contributed by atoms with Gasteiger partial charge in [0, 0.05) is 19.7 Å². The SMILES string of the molecule is COCc1cc(C(=O)NCCCCN)no1. The van der Waals surface area contributed by atoms with E-state index >= 15 is 0 Å². The van der Waals surface area contributed by atoms with Crippen molar-refractivity contribution in [1.29, 1.82) is 0 Å². The van der Waals surface area contributed by atoms with Crippen molar-refractivity contribution in [3.05, 3.63) is 17.5 Å². The van der Waals surface area contributed by atoms with E-state index in [-0.39, 0.29) is 11.6 Å². The molecule has 1 aromatic rings. The van der Waals surface area contributed by atoms with E-state index in [1.807, 2.05) is 0 Å². The molecule has 0 saturated heterocycles. The number of nitrogens with two attached hydrogens (primary N) is 1. The zero-order valence-corrected chi connectivity index (χ0v) is 9.36. The highest BCUT2D eigenvalue weighted by molar-refractivity contribution is 5.92. The highest BCUT2D eigenvalue weighted by atomic mass is 16.5. The van der Waals surface area contributed by atoms with E-state index in [0.29, 0.717) is 25.5 Å². The van der Waals surface area contributed by atoms with Gasteiger partial charge in [-0.2, -0.15) is 0 Å². The molecular formula is C10H17N3O3. The maximum atomic E-state index is 11.5. The maximum absolute atomic E-state index is 11.5. The molecule has 1 amide bonds. The van der Waals surface area contributed by atoms with Gasteiger partial charge in [-0.25, -0.2) is 0 Å². The molecule has 6 nitrogen and oxygen atoms in total. The van der Waals surface area contributed by atoms with Crippen LogP contribution in [0.1, 0.15) is 29.1 Å². The third-order valence-corrected chi connectivity index (χ3v) is 1.99. The van der Waals surface area contributed by atoms with Crippen LogP contribution in [0.2, 0.25) is 0 Å². The van der Waals surface area contributed by atoms with Crippen molar-refractivity contribution in [1.82, 2.24) is 10.5 Å². The summed E-state index contributed by atoms with van der Waals surface area (Å²) in [5, 5.41) is 6.37. The highest BCUT2D eigenvalue weighted by Crippen LogP contribution is 2.04. The van der Waals surface area contributed by atoms with Gasteiger partial charge in [0.1, 0.15) is 6.61 Å². The van der Waals surface area contributed by atoms with Crippen molar-refractivity contribution < 1.29 is 14.1 Å². The molecule has 0 bridgehead atoms. The van der Waals surface area contributed by atoms with E-state index in [9.17, 15) is 4.79 Å². The van der Waals surface area contributed by atoms with E-state index < -0.39 is 0 Å². The first-order valence-electron chi connectivity index (χ1n) is 5.20. The molecule has 0 spiro atoms.